The monoisotopic (exact) mass is 296 g/mol. The molecule has 1 N–H and O–H groups in total. The third kappa shape index (κ3) is 2.91. The molecule has 0 aliphatic heterocycles. The van der Waals surface area contributed by atoms with E-state index >= 15 is 0 Å². The molecule has 2 rings (SSSR count). The van der Waals surface area contributed by atoms with E-state index in [-0.39, 0.29) is 18.2 Å². The van der Waals surface area contributed by atoms with Crippen molar-refractivity contribution in [2.45, 2.75) is 20.8 Å². The lowest BCUT2D eigenvalue weighted by Crippen LogP contribution is -2.14. The van der Waals surface area contributed by atoms with Gasteiger partial charge >= 0.3 is 0 Å². The fraction of sp³-hybridized carbons (Fsp3) is 0.235. The highest BCUT2D eigenvalue weighted by atomic mass is 16.5. The lowest BCUT2D eigenvalue weighted by atomic mass is 10.1. The highest BCUT2D eigenvalue weighted by molar-refractivity contribution is 6.03. The lowest BCUT2D eigenvalue weighted by molar-refractivity contribution is 0.0916. The highest BCUT2D eigenvalue weighted by Gasteiger charge is 2.20. The minimum absolute atomic E-state index is 0.0824. The molecule has 0 saturated carbocycles. The zero-order valence-corrected chi connectivity index (χ0v) is 12.7. The van der Waals surface area contributed by atoms with Crippen molar-refractivity contribution in [1.29, 1.82) is 5.26 Å². The molecule has 2 aromatic rings. The summed E-state index contributed by atoms with van der Waals surface area (Å²) < 4.78 is 5.43. The fourth-order valence-corrected chi connectivity index (χ4v) is 2.46. The summed E-state index contributed by atoms with van der Waals surface area (Å²) in [5.74, 6) is 0.0213. The molecule has 5 nitrogen and oxygen atoms in total. The van der Waals surface area contributed by atoms with Crippen molar-refractivity contribution in [3.8, 4) is 11.8 Å². The van der Waals surface area contributed by atoms with Gasteiger partial charge in [-0.25, -0.2) is 0 Å². The van der Waals surface area contributed by atoms with Crippen molar-refractivity contribution in [2.24, 2.45) is 0 Å². The summed E-state index contributed by atoms with van der Waals surface area (Å²) in [4.78, 5) is 26.8. The quantitative estimate of drug-likeness (QED) is 0.860. The molecule has 0 atom stereocenters. The molecule has 0 radical (unpaired) electrons. The molecule has 0 fully saturated rings. The van der Waals surface area contributed by atoms with Crippen LogP contribution in [0.2, 0.25) is 0 Å². The Bertz CT molecular complexity index is 782. The van der Waals surface area contributed by atoms with Gasteiger partial charge < -0.3 is 9.72 Å². The van der Waals surface area contributed by atoms with Crippen molar-refractivity contribution in [3.05, 3.63) is 52.3 Å². The number of nitrogens with one attached hydrogen (secondary N) is 1. The normalized spacial score (nSPS) is 10.1. The van der Waals surface area contributed by atoms with E-state index < -0.39 is 0 Å². The third-order valence-corrected chi connectivity index (χ3v) is 3.43. The van der Waals surface area contributed by atoms with Gasteiger partial charge in [-0.15, -0.1) is 0 Å². The first-order chi connectivity index (χ1) is 10.5. The van der Waals surface area contributed by atoms with Crippen LogP contribution >= 0.6 is 0 Å². The minimum Gasteiger partial charge on any atom is -0.484 e. The summed E-state index contributed by atoms with van der Waals surface area (Å²) in [5, 5.41) is 8.99. The Morgan fingerprint density at radius 2 is 1.95 bits per heavy atom. The van der Waals surface area contributed by atoms with Crippen LogP contribution in [0.5, 0.6) is 5.75 Å². The first-order valence-electron chi connectivity index (χ1n) is 6.81. The molecule has 22 heavy (non-hydrogen) atoms. The second-order valence-corrected chi connectivity index (χ2v) is 5.00. The Kier molecular flexibility index (Phi) is 4.42. The number of Topliss-reactive ketones (excluding diaryl/α,β-unsaturated/α-hetero) is 2. The zero-order valence-electron chi connectivity index (χ0n) is 12.7. The molecule has 1 heterocycles. The molecule has 0 aliphatic carbocycles. The number of nitriles is 1. The van der Waals surface area contributed by atoms with Crippen LogP contribution in [-0.2, 0) is 0 Å². The van der Waals surface area contributed by atoms with E-state index in [9.17, 15) is 9.59 Å². The van der Waals surface area contributed by atoms with E-state index in [0.717, 1.165) is 0 Å². The summed E-state index contributed by atoms with van der Waals surface area (Å²) in [6.07, 6.45) is 0. The number of H-pyrrole nitrogens is 1. The topological polar surface area (TPSA) is 82.9 Å². The van der Waals surface area contributed by atoms with Gasteiger partial charge in [-0.1, -0.05) is 12.1 Å². The van der Waals surface area contributed by atoms with Crippen molar-refractivity contribution in [1.82, 2.24) is 4.98 Å². The molecule has 1 aromatic carbocycles. The van der Waals surface area contributed by atoms with E-state index in [1.807, 2.05) is 6.07 Å². The first kappa shape index (κ1) is 15.5. The average molecular weight is 296 g/mol. The molecular weight excluding hydrogens is 280 g/mol. The second-order valence-electron chi connectivity index (χ2n) is 5.00. The number of hydrogen-bond acceptors (Lipinski definition) is 4. The first-order valence-corrected chi connectivity index (χ1v) is 6.81. The van der Waals surface area contributed by atoms with Crippen LogP contribution in [0, 0.1) is 25.2 Å². The summed E-state index contributed by atoms with van der Waals surface area (Å²) >= 11 is 0. The lowest BCUT2D eigenvalue weighted by Gasteiger charge is -2.06. The predicted molar refractivity (Wildman–Crippen MR) is 81.3 cm³/mol. The maximum absolute atomic E-state index is 12.3. The van der Waals surface area contributed by atoms with Crippen LogP contribution < -0.4 is 4.74 Å². The van der Waals surface area contributed by atoms with E-state index in [4.69, 9.17) is 10.00 Å². The van der Waals surface area contributed by atoms with Gasteiger partial charge in [0.1, 0.15) is 11.8 Å². The Morgan fingerprint density at radius 1 is 1.27 bits per heavy atom. The smallest absolute Gasteiger partial charge is 0.216 e. The molecule has 0 unspecified atom stereocenters. The van der Waals surface area contributed by atoms with Gasteiger partial charge in [-0.05, 0) is 38.5 Å². The maximum atomic E-state index is 12.3. The van der Waals surface area contributed by atoms with Crippen molar-refractivity contribution in [2.75, 3.05) is 6.61 Å². The van der Waals surface area contributed by atoms with Crippen LogP contribution in [0.4, 0.5) is 0 Å². The van der Waals surface area contributed by atoms with Crippen LogP contribution in [0.25, 0.3) is 0 Å². The molecule has 112 valence electrons. The fourth-order valence-electron chi connectivity index (χ4n) is 2.46. The number of aryl methyl sites for hydroxylation is 1. The Morgan fingerprint density at radius 3 is 2.55 bits per heavy atom. The van der Waals surface area contributed by atoms with E-state index in [1.165, 1.54) is 6.92 Å². The summed E-state index contributed by atoms with van der Waals surface area (Å²) in [6, 6.07) is 8.73. The molecule has 1 aromatic heterocycles. The number of rotatable bonds is 5. The van der Waals surface area contributed by atoms with Crippen molar-refractivity contribution in [3.63, 3.8) is 0 Å². The van der Waals surface area contributed by atoms with Crippen LogP contribution in [0.15, 0.2) is 24.3 Å². The van der Waals surface area contributed by atoms with Crippen LogP contribution in [0.3, 0.4) is 0 Å². The predicted octanol–water partition coefficient (Wildman–Crippen LogP) is 2.97. The largest absolute Gasteiger partial charge is 0.484 e. The second kappa shape index (κ2) is 6.27. The number of benzene rings is 1. The number of aromatic amines is 1. The van der Waals surface area contributed by atoms with Crippen LogP contribution in [0.1, 0.15) is 44.6 Å². The number of nitrogens with zero attached hydrogens (tertiary/aromatic N) is 1. The number of carbonyl (C=O) groups is 2. The standard InChI is InChI=1S/C17H16N2O3/c1-10-16(12(3)20)11(2)19-17(10)14(21)9-22-15-7-5-4-6-13(15)8-18/h4-7,19H,9H2,1-3H3. The minimum atomic E-state index is -0.263. The van der Waals surface area contributed by atoms with Gasteiger partial charge in [0, 0.05) is 11.3 Å². The van der Waals surface area contributed by atoms with Crippen LogP contribution in [-0.4, -0.2) is 23.2 Å². The molecule has 5 heteroatoms. The number of ketones is 2. The average Bonchev–Trinajstić information content (AvgIpc) is 2.80. The van der Waals surface area contributed by atoms with Gasteiger partial charge in [0.05, 0.1) is 11.3 Å². The Balaban J connectivity index is 2.19. The summed E-state index contributed by atoms with van der Waals surface area (Å²) in [5.41, 5.74) is 2.59. The molecule has 0 spiro atoms. The highest BCUT2D eigenvalue weighted by Crippen LogP contribution is 2.20. The third-order valence-electron chi connectivity index (χ3n) is 3.43. The number of aromatic nitrogens is 1. The van der Waals surface area contributed by atoms with Gasteiger partial charge in [-0.3, -0.25) is 9.59 Å². The molecule has 0 aliphatic rings. The SMILES string of the molecule is CC(=O)c1c(C)[nH]c(C(=O)COc2ccccc2C#N)c1C. The number of ether oxygens (including phenoxy) is 1. The number of para-hydroxylation sites is 1. The number of carbonyl (C=O) groups excluding carboxylic acids is 2. The zero-order chi connectivity index (χ0) is 16.3. The van der Waals surface area contributed by atoms with Gasteiger partial charge in [-0.2, -0.15) is 5.26 Å². The molecule has 0 bridgehead atoms. The summed E-state index contributed by atoms with van der Waals surface area (Å²) in [7, 11) is 0. The van der Waals surface area contributed by atoms with Crippen molar-refractivity contribution >= 4 is 11.6 Å². The maximum Gasteiger partial charge on any atom is 0.216 e. The van der Waals surface area contributed by atoms with Crippen molar-refractivity contribution < 1.29 is 14.3 Å². The van der Waals surface area contributed by atoms with Gasteiger partial charge in [0.25, 0.3) is 0 Å². The summed E-state index contributed by atoms with van der Waals surface area (Å²) in [6.45, 7) is 4.76. The molecule has 0 saturated heterocycles. The molecular formula is C17H16N2O3. The van der Waals surface area contributed by atoms with Gasteiger partial charge in [0.15, 0.2) is 12.4 Å². The molecule has 0 amide bonds. The van der Waals surface area contributed by atoms with E-state index in [2.05, 4.69) is 4.98 Å². The number of hydrogen-bond donors (Lipinski definition) is 1. The van der Waals surface area contributed by atoms with Gasteiger partial charge in [0.2, 0.25) is 5.78 Å². The van der Waals surface area contributed by atoms with E-state index in [1.54, 1.807) is 38.1 Å². The Labute approximate surface area is 128 Å². The Hall–Kier alpha value is -2.87. The van der Waals surface area contributed by atoms with E-state index in [0.29, 0.717) is 33.8 Å².